The van der Waals surface area contributed by atoms with E-state index in [-0.39, 0.29) is 11.2 Å². The zero-order valence-electron chi connectivity index (χ0n) is 17.2. The first-order valence-electron chi connectivity index (χ1n) is 9.92. The van der Waals surface area contributed by atoms with Gasteiger partial charge in [-0.15, -0.1) is 0 Å². The Morgan fingerprint density at radius 2 is 2.04 bits per heavy atom. The molecule has 1 aromatic carbocycles. The lowest BCUT2D eigenvalue weighted by molar-refractivity contribution is 0.506. The highest BCUT2D eigenvalue weighted by molar-refractivity contribution is 6.01. The molecule has 0 fully saturated rings. The average molecular weight is 362 g/mol. The summed E-state index contributed by atoms with van der Waals surface area (Å²) in [5.74, 6) is 0.669. The van der Waals surface area contributed by atoms with E-state index >= 15 is 0 Å². The summed E-state index contributed by atoms with van der Waals surface area (Å²) in [5, 5.41) is 1.72. The molecule has 0 N–H and O–H groups in total. The van der Waals surface area contributed by atoms with Crippen molar-refractivity contribution in [1.29, 1.82) is 0 Å². The number of aryl methyl sites for hydroxylation is 1. The number of hydrogen-bond donors (Lipinski definition) is 0. The Bertz CT molecular complexity index is 1040. The molecule has 1 aromatic heterocycles. The van der Waals surface area contributed by atoms with Crippen LogP contribution in [0.1, 0.15) is 57.9 Å². The molecule has 0 amide bonds. The number of aromatic nitrogens is 1. The van der Waals surface area contributed by atoms with Gasteiger partial charge in [0.25, 0.3) is 0 Å². The normalized spacial score (nSPS) is 22.2. The van der Waals surface area contributed by atoms with Gasteiger partial charge in [0.2, 0.25) is 0 Å². The lowest BCUT2D eigenvalue weighted by atomic mass is 9.61. The number of pyridine rings is 1. The zero-order chi connectivity index (χ0) is 19.5. The van der Waals surface area contributed by atoms with E-state index in [9.17, 15) is 4.39 Å². The summed E-state index contributed by atoms with van der Waals surface area (Å²) in [6.45, 7) is 13.0. The smallest absolute Gasteiger partial charge is 0.134 e. The van der Waals surface area contributed by atoms with Crippen molar-refractivity contribution in [3.05, 3.63) is 70.3 Å². The first-order valence-corrected chi connectivity index (χ1v) is 9.92. The molecule has 2 unspecified atom stereocenters. The van der Waals surface area contributed by atoms with Crippen LogP contribution in [0.2, 0.25) is 0 Å². The van der Waals surface area contributed by atoms with Crippen LogP contribution in [0.15, 0.2) is 47.7 Å². The summed E-state index contributed by atoms with van der Waals surface area (Å²) in [6.07, 6.45) is 9.58. The van der Waals surface area contributed by atoms with Crippen LogP contribution < -0.4 is 0 Å². The van der Waals surface area contributed by atoms with Crippen molar-refractivity contribution in [1.82, 2.24) is 4.98 Å². The minimum absolute atomic E-state index is 0.113. The van der Waals surface area contributed by atoms with Gasteiger partial charge in [-0.3, -0.25) is 4.98 Å². The third kappa shape index (κ3) is 2.46. The minimum atomic E-state index is -0.170. The molecular formula is C25H28FN. The Morgan fingerprint density at radius 3 is 2.74 bits per heavy atom. The Labute approximate surface area is 161 Å². The second-order valence-corrected chi connectivity index (χ2v) is 8.67. The summed E-state index contributed by atoms with van der Waals surface area (Å²) in [7, 11) is 0. The van der Waals surface area contributed by atoms with Crippen molar-refractivity contribution in [2.45, 2.75) is 53.4 Å². The van der Waals surface area contributed by atoms with Crippen LogP contribution in [0, 0.1) is 24.6 Å². The van der Waals surface area contributed by atoms with Crippen molar-refractivity contribution in [2.24, 2.45) is 11.8 Å². The summed E-state index contributed by atoms with van der Waals surface area (Å²) >= 11 is 0. The van der Waals surface area contributed by atoms with Gasteiger partial charge in [-0.05, 0) is 67.4 Å². The number of fused-ring (bicyclic) bond motifs is 1. The molecule has 140 valence electrons. The lowest BCUT2D eigenvalue weighted by Gasteiger charge is -2.42. The van der Waals surface area contributed by atoms with Crippen molar-refractivity contribution in [2.75, 3.05) is 0 Å². The maximum Gasteiger partial charge on any atom is 0.134 e. The van der Waals surface area contributed by atoms with Gasteiger partial charge in [0.1, 0.15) is 5.82 Å². The maximum absolute atomic E-state index is 15.0. The largest absolute Gasteiger partial charge is 0.256 e. The lowest BCUT2D eigenvalue weighted by Crippen LogP contribution is -2.32. The Morgan fingerprint density at radius 1 is 1.30 bits per heavy atom. The maximum atomic E-state index is 15.0. The van der Waals surface area contributed by atoms with Crippen LogP contribution in [-0.4, -0.2) is 4.98 Å². The number of allylic oxidation sites excluding steroid dienone is 6. The Balaban J connectivity index is 2.13. The van der Waals surface area contributed by atoms with E-state index in [1.807, 2.05) is 19.1 Å². The van der Waals surface area contributed by atoms with Crippen molar-refractivity contribution in [3.63, 3.8) is 0 Å². The fraction of sp³-hybridized carbons (Fsp3) is 0.400. The number of halogens is 1. The monoisotopic (exact) mass is 361 g/mol. The first kappa shape index (κ1) is 18.2. The molecule has 2 atom stereocenters. The van der Waals surface area contributed by atoms with Gasteiger partial charge in [-0.25, -0.2) is 4.39 Å². The van der Waals surface area contributed by atoms with Crippen LogP contribution in [0.25, 0.3) is 16.3 Å². The van der Waals surface area contributed by atoms with E-state index in [2.05, 4.69) is 52.8 Å². The van der Waals surface area contributed by atoms with Crippen LogP contribution in [0.3, 0.4) is 0 Å². The van der Waals surface area contributed by atoms with Crippen LogP contribution in [-0.2, 0) is 5.41 Å². The number of rotatable bonds is 2. The van der Waals surface area contributed by atoms with Crippen LogP contribution in [0.4, 0.5) is 4.39 Å². The molecule has 27 heavy (non-hydrogen) atoms. The molecule has 0 saturated heterocycles. The highest BCUT2D eigenvalue weighted by Crippen LogP contribution is 2.54. The molecule has 1 heterocycles. The van der Waals surface area contributed by atoms with E-state index < -0.39 is 0 Å². The van der Waals surface area contributed by atoms with Gasteiger partial charge in [0, 0.05) is 22.4 Å². The molecule has 0 bridgehead atoms. The fourth-order valence-electron chi connectivity index (χ4n) is 5.27. The second kappa shape index (κ2) is 6.15. The van der Waals surface area contributed by atoms with Crippen LogP contribution in [0.5, 0.6) is 0 Å². The summed E-state index contributed by atoms with van der Waals surface area (Å²) in [5.41, 5.74) is 6.78. The second-order valence-electron chi connectivity index (χ2n) is 8.67. The molecular weight excluding hydrogens is 333 g/mol. The number of nitrogens with zero attached hydrogens (tertiary/aromatic N) is 1. The zero-order valence-corrected chi connectivity index (χ0v) is 17.2. The van der Waals surface area contributed by atoms with Crippen molar-refractivity contribution in [3.8, 4) is 0 Å². The van der Waals surface area contributed by atoms with Gasteiger partial charge in [-0.1, -0.05) is 50.6 Å². The van der Waals surface area contributed by atoms with E-state index in [4.69, 9.17) is 4.98 Å². The molecule has 2 aromatic rings. The van der Waals surface area contributed by atoms with E-state index in [0.717, 1.165) is 17.5 Å². The molecule has 0 spiro atoms. The molecule has 2 aliphatic rings. The number of hydrogen-bond acceptors (Lipinski definition) is 1. The third-order valence-electron chi connectivity index (χ3n) is 6.56. The first-order chi connectivity index (χ1) is 12.8. The predicted molar refractivity (Wildman–Crippen MR) is 112 cm³/mol. The SMILES string of the molecule is CC=CC(C)C1CC=C(C)C2=C1c1nccc3c(F)c(C)cc(c13)C2(C)C. The van der Waals surface area contributed by atoms with E-state index in [0.29, 0.717) is 22.8 Å². The minimum Gasteiger partial charge on any atom is -0.256 e. The summed E-state index contributed by atoms with van der Waals surface area (Å²) in [6, 6.07) is 3.88. The predicted octanol–water partition coefficient (Wildman–Crippen LogP) is 6.91. The Hall–Kier alpha value is -2.22. The molecule has 0 aliphatic heterocycles. The van der Waals surface area contributed by atoms with Crippen LogP contribution >= 0.6 is 0 Å². The summed E-state index contributed by atoms with van der Waals surface area (Å²) < 4.78 is 15.0. The van der Waals surface area contributed by atoms with Gasteiger partial charge in [0.05, 0.1) is 5.69 Å². The van der Waals surface area contributed by atoms with Crippen molar-refractivity contribution >= 4 is 16.3 Å². The highest BCUT2D eigenvalue weighted by Gasteiger charge is 2.42. The van der Waals surface area contributed by atoms with Crippen molar-refractivity contribution < 1.29 is 4.39 Å². The van der Waals surface area contributed by atoms with E-state index in [1.54, 1.807) is 6.20 Å². The molecule has 1 nitrogen and oxygen atoms in total. The fourth-order valence-corrected chi connectivity index (χ4v) is 5.27. The standard InChI is InChI=1S/C25H28FN/c1-7-8-14(2)17-10-9-15(3)22-21(17)24-20-18(11-12-27-24)23(26)16(4)13-19(20)25(22,5)6/h7-9,11-14,17H,10H2,1-6H3. The summed E-state index contributed by atoms with van der Waals surface area (Å²) in [4.78, 5) is 4.81. The average Bonchev–Trinajstić information content (AvgIpc) is 2.62. The Kier molecular flexibility index (Phi) is 4.14. The quantitative estimate of drug-likeness (QED) is 0.530. The topological polar surface area (TPSA) is 12.9 Å². The molecule has 4 rings (SSSR count). The van der Waals surface area contributed by atoms with Gasteiger partial charge in [0.15, 0.2) is 0 Å². The molecule has 0 saturated carbocycles. The number of benzene rings is 1. The highest BCUT2D eigenvalue weighted by atomic mass is 19.1. The molecule has 2 heteroatoms. The van der Waals surface area contributed by atoms with Gasteiger partial charge < -0.3 is 0 Å². The third-order valence-corrected chi connectivity index (χ3v) is 6.56. The molecule has 0 radical (unpaired) electrons. The van der Waals surface area contributed by atoms with E-state index in [1.165, 1.54) is 22.3 Å². The van der Waals surface area contributed by atoms with Gasteiger partial charge in [-0.2, -0.15) is 0 Å². The van der Waals surface area contributed by atoms with Gasteiger partial charge >= 0.3 is 0 Å². The molecule has 2 aliphatic carbocycles.